The zero-order valence-electron chi connectivity index (χ0n) is 12.1. The van der Waals surface area contributed by atoms with Crippen LogP contribution in [0.25, 0.3) is 0 Å². The lowest BCUT2D eigenvalue weighted by molar-refractivity contribution is 0.0443. The number of hydrogen-bond donors (Lipinski definition) is 2. The first-order valence-electron chi connectivity index (χ1n) is 7.29. The van der Waals surface area contributed by atoms with Gasteiger partial charge in [0.1, 0.15) is 5.60 Å². The van der Waals surface area contributed by atoms with Gasteiger partial charge in [0, 0.05) is 6.04 Å². The summed E-state index contributed by atoms with van der Waals surface area (Å²) < 4.78 is 0. The van der Waals surface area contributed by atoms with Gasteiger partial charge in [-0.05, 0) is 54.8 Å². The molecule has 1 fully saturated rings. The van der Waals surface area contributed by atoms with Gasteiger partial charge >= 0.3 is 0 Å². The van der Waals surface area contributed by atoms with Gasteiger partial charge in [0.25, 0.3) is 0 Å². The lowest BCUT2D eigenvalue weighted by atomic mass is 9.79. The van der Waals surface area contributed by atoms with Crippen LogP contribution >= 0.6 is 46.4 Å². The molecule has 2 aromatic carbocycles. The Labute approximate surface area is 155 Å². The third-order valence-corrected chi connectivity index (χ3v) is 5.76. The van der Waals surface area contributed by atoms with E-state index in [0.29, 0.717) is 31.2 Å². The highest BCUT2D eigenvalue weighted by molar-refractivity contribution is 6.42. The molecule has 2 aromatic rings. The summed E-state index contributed by atoms with van der Waals surface area (Å²) in [5.41, 5.74) is 0.0771. The molecule has 0 radical (unpaired) electrons. The van der Waals surface area contributed by atoms with E-state index in [1.165, 1.54) is 0 Å². The summed E-state index contributed by atoms with van der Waals surface area (Å²) in [7, 11) is 0. The molecule has 0 saturated carbocycles. The smallest absolute Gasteiger partial charge is 0.130 e. The van der Waals surface area contributed by atoms with Crippen LogP contribution in [0, 0.1) is 0 Å². The Hall–Kier alpha value is -0.480. The summed E-state index contributed by atoms with van der Waals surface area (Å²) in [4.78, 5) is 0. The SMILES string of the molecule is OC(c1ccc(Cl)c(Cl)c1)(c1ccc(Cl)c(Cl)c1)[C@H]1CCCN1. The Balaban J connectivity index is 2.16. The Morgan fingerprint density at radius 3 is 1.78 bits per heavy atom. The average Bonchev–Trinajstić information content (AvgIpc) is 3.07. The molecule has 2 nitrogen and oxygen atoms in total. The van der Waals surface area contributed by atoms with Gasteiger partial charge < -0.3 is 10.4 Å². The molecular weight excluding hydrogens is 376 g/mol. The maximum absolute atomic E-state index is 11.6. The van der Waals surface area contributed by atoms with Crippen LogP contribution in [-0.2, 0) is 5.60 Å². The minimum absolute atomic E-state index is 0.142. The number of halogens is 4. The first kappa shape index (κ1) is 17.3. The van der Waals surface area contributed by atoms with Crippen LogP contribution in [0.2, 0.25) is 20.1 Å². The number of benzene rings is 2. The van der Waals surface area contributed by atoms with Gasteiger partial charge in [-0.3, -0.25) is 0 Å². The average molecular weight is 391 g/mol. The molecule has 1 atom stereocenters. The molecule has 2 N–H and O–H groups in total. The van der Waals surface area contributed by atoms with Crippen molar-refractivity contribution in [3.8, 4) is 0 Å². The summed E-state index contributed by atoms with van der Waals surface area (Å²) >= 11 is 24.3. The zero-order valence-corrected chi connectivity index (χ0v) is 15.1. The molecule has 0 amide bonds. The van der Waals surface area contributed by atoms with Gasteiger partial charge in [0.05, 0.1) is 20.1 Å². The van der Waals surface area contributed by atoms with Crippen molar-refractivity contribution in [2.24, 2.45) is 0 Å². The van der Waals surface area contributed by atoms with E-state index in [4.69, 9.17) is 46.4 Å². The van der Waals surface area contributed by atoms with Crippen LogP contribution in [0.4, 0.5) is 0 Å². The minimum atomic E-state index is -1.26. The number of hydrogen-bond acceptors (Lipinski definition) is 2. The van der Waals surface area contributed by atoms with Crippen molar-refractivity contribution in [2.75, 3.05) is 6.54 Å². The predicted octanol–water partition coefficient (Wildman–Crippen LogP) is 5.29. The molecule has 0 aliphatic carbocycles. The molecule has 0 spiro atoms. The van der Waals surface area contributed by atoms with E-state index in [2.05, 4.69) is 5.32 Å². The van der Waals surface area contributed by atoms with E-state index in [-0.39, 0.29) is 6.04 Å². The van der Waals surface area contributed by atoms with E-state index >= 15 is 0 Å². The van der Waals surface area contributed by atoms with Crippen LogP contribution in [0.15, 0.2) is 36.4 Å². The van der Waals surface area contributed by atoms with Crippen LogP contribution in [0.5, 0.6) is 0 Å². The molecular formula is C17H15Cl4NO. The highest BCUT2D eigenvalue weighted by atomic mass is 35.5. The second kappa shape index (κ2) is 6.79. The molecule has 0 bridgehead atoms. The summed E-state index contributed by atoms with van der Waals surface area (Å²) in [6, 6.07) is 10.2. The van der Waals surface area contributed by atoms with Crippen molar-refractivity contribution in [3.05, 3.63) is 67.6 Å². The molecule has 122 valence electrons. The second-order valence-corrected chi connectivity index (χ2v) is 7.30. The van der Waals surface area contributed by atoms with E-state index in [0.717, 1.165) is 19.4 Å². The third-order valence-electron chi connectivity index (χ3n) is 4.28. The van der Waals surface area contributed by atoms with Gasteiger partial charge in [-0.2, -0.15) is 0 Å². The molecule has 0 unspecified atom stereocenters. The topological polar surface area (TPSA) is 32.3 Å². The standard InChI is InChI=1S/C17H15Cl4NO/c18-12-5-3-10(8-14(12)20)17(23,16-2-1-7-22-16)11-4-6-13(19)15(21)9-11/h3-6,8-9,16,22-23H,1-2,7H2/t16-/m1/s1. The first-order chi connectivity index (χ1) is 10.9. The largest absolute Gasteiger partial charge is 0.379 e. The van der Waals surface area contributed by atoms with Gasteiger partial charge in [0.15, 0.2) is 0 Å². The number of rotatable bonds is 3. The van der Waals surface area contributed by atoms with E-state index in [1.54, 1.807) is 36.4 Å². The first-order valence-corrected chi connectivity index (χ1v) is 8.81. The zero-order chi connectivity index (χ0) is 16.6. The van der Waals surface area contributed by atoms with Gasteiger partial charge in [-0.1, -0.05) is 58.5 Å². The Morgan fingerprint density at radius 1 is 0.870 bits per heavy atom. The van der Waals surface area contributed by atoms with Crippen molar-refractivity contribution in [1.29, 1.82) is 0 Å². The number of nitrogens with one attached hydrogen (secondary N) is 1. The Morgan fingerprint density at radius 2 is 1.39 bits per heavy atom. The van der Waals surface area contributed by atoms with Gasteiger partial charge in [0.2, 0.25) is 0 Å². The molecule has 1 aliphatic heterocycles. The number of aliphatic hydroxyl groups is 1. The maximum atomic E-state index is 11.6. The molecule has 1 heterocycles. The third kappa shape index (κ3) is 3.21. The maximum Gasteiger partial charge on any atom is 0.130 e. The highest BCUT2D eigenvalue weighted by Crippen LogP contribution is 2.40. The van der Waals surface area contributed by atoms with Crippen molar-refractivity contribution >= 4 is 46.4 Å². The Kier molecular flexibility index (Phi) is 5.12. The van der Waals surface area contributed by atoms with Crippen molar-refractivity contribution < 1.29 is 5.11 Å². The van der Waals surface area contributed by atoms with Crippen molar-refractivity contribution in [2.45, 2.75) is 24.5 Å². The minimum Gasteiger partial charge on any atom is -0.379 e. The fraction of sp³-hybridized carbons (Fsp3) is 0.294. The molecule has 1 aliphatic rings. The van der Waals surface area contributed by atoms with Crippen LogP contribution < -0.4 is 5.32 Å². The lowest BCUT2D eigenvalue weighted by Crippen LogP contribution is -2.46. The van der Waals surface area contributed by atoms with Crippen molar-refractivity contribution in [1.82, 2.24) is 5.32 Å². The van der Waals surface area contributed by atoms with E-state index in [9.17, 15) is 5.11 Å². The highest BCUT2D eigenvalue weighted by Gasteiger charge is 2.42. The molecule has 1 saturated heterocycles. The summed E-state index contributed by atoms with van der Waals surface area (Å²) in [6.07, 6.45) is 1.84. The molecule has 23 heavy (non-hydrogen) atoms. The fourth-order valence-corrected chi connectivity index (χ4v) is 3.67. The summed E-state index contributed by atoms with van der Waals surface area (Å²) in [5.74, 6) is 0. The second-order valence-electron chi connectivity index (χ2n) is 5.67. The summed E-state index contributed by atoms with van der Waals surface area (Å²) in [5, 5.41) is 16.7. The molecule has 3 rings (SSSR count). The van der Waals surface area contributed by atoms with E-state index < -0.39 is 5.60 Å². The monoisotopic (exact) mass is 389 g/mol. The molecule has 6 heteroatoms. The lowest BCUT2D eigenvalue weighted by Gasteiger charge is -2.35. The van der Waals surface area contributed by atoms with Crippen molar-refractivity contribution in [3.63, 3.8) is 0 Å². The van der Waals surface area contributed by atoms with Gasteiger partial charge in [-0.25, -0.2) is 0 Å². The quantitative estimate of drug-likeness (QED) is 0.746. The van der Waals surface area contributed by atoms with E-state index in [1.807, 2.05) is 0 Å². The van der Waals surface area contributed by atoms with Gasteiger partial charge in [-0.15, -0.1) is 0 Å². The molecule has 0 aromatic heterocycles. The van der Waals surface area contributed by atoms with Crippen LogP contribution in [0.1, 0.15) is 24.0 Å². The van der Waals surface area contributed by atoms with Crippen LogP contribution in [0.3, 0.4) is 0 Å². The fourth-order valence-electron chi connectivity index (χ4n) is 3.08. The van der Waals surface area contributed by atoms with Crippen LogP contribution in [-0.4, -0.2) is 17.7 Å². The Bertz CT molecular complexity index is 677. The predicted molar refractivity (Wildman–Crippen MR) is 96.9 cm³/mol. The normalized spacial score (nSPS) is 18.4. The summed E-state index contributed by atoms with van der Waals surface area (Å²) in [6.45, 7) is 0.857.